The van der Waals surface area contributed by atoms with Crippen molar-refractivity contribution in [1.29, 1.82) is 0 Å². The van der Waals surface area contributed by atoms with Crippen molar-refractivity contribution in [1.82, 2.24) is 0 Å². The van der Waals surface area contributed by atoms with Crippen molar-refractivity contribution in [3.8, 4) is 11.5 Å². The first kappa shape index (κ1) is 13.9. The molecule has 1 aliphatic rings. The number of nitrogens with zero attached hydrogens (tertiary/aromatic N) is 1. The fourth-order valence-corrected chi connectivity index (χ4v) is 3.13. The Morgan fingerprint density at radius 2 is 1.83 bits per heavy atom. The van der Waals surface area contributed by atoms with Gasteiger partial charge in [0.25, 0.3) is 0 Å². The Labute approximate surface area is 136 Å². The standard InChI is InChI=1S/C20H19NO2/c1-2-22-19-10-6-5-9-18(19)21-13-16-12-11-15-7-3-4-8-17(15)20(16)23-14-21/h3-12H,2,13-14H2,1H3. The van der Waals surface area contributed by atoms with Gasteiger partial charge >= 0.3 is 0 Å². The van der Waals surface area contributed by atoms with Crippen LogP contribution in [-0.4, -0.2) is 13.3 Å². The molecular formula is C20H19NO2. The minimum absolute atomic E-state index is 0.533. The summed E-state index contributed by atoms with van der Waals surface area (Å²) in [6.45, 7) is 4.02. The van der Waals surface area contributed by atoms with Gasteiger partial charge in [0, 0.05) is 17.5 Å². The monoisotopic (exact) mass is 305 g/mol. The number of benzene rings is 3. The third-order valence-electron chi connectivity index (χ3n) is 4.19. The van der Waals surface area contributed by atoms with Crippen LogP contribution >= 0.6 is 0 Å². The molecule has 0 fully saturated rings. The van der Waals surface area contributed by atoms with Crippen LogP contribution in [0.3, 0.4) is 0 Å². The summed E-state index contributed by atoms with van der Waals surface area (Å²) in [5.74, 6) is 1.91. The van der Waals surface area contributed by atoms with Crippen molar-refractivity contribution >= 4 is 16.5 Å². The second kappa shape index (κ2) is 5.84. The lowest BCUT2D eigenvalue weighted by Crippen LogP contribution is -2.32. The number of fused-ring (bicyclic) bond motifs is 3. The molecule has 116 valence electrons. The van der Waals surface area contributed by atoms with E-state index in [2.05, 4.69) is 47.4 Å². The van der Waals surface area contributed by atoms with Gasteiger partial charge in [0.05, 0.1) is 12.3 Å². The van der Waals surface area contributed by atoms with Crippen LogP contribution in [0.2, 0.25) is 0 Å². The minimum Gasteiger partial charge on any atom is -0.492 e. The maximum atomic E-state index is 6.11. The molecule has 0 aromatic heterocycles. The molecular weight excluding hydrogens is 286 g/mol. The molecule has 0 unspecified atom stereocenters. The maximum Gasteiger partial charge on any atom is 0.161 e. The molecule has 0 amide bonds. The number of ether oxygens (including phenoxy) is 2. The zero-order valence-corrected chi connectivity index (χ0v) is 13.2. The van der Waals surface area contributed by atoms with Gasteiger partial charge < -0.3 is 14.4 Å². The topological polar surface area (TPSA) is 21.7 Å². The molecule has 0 N–H and O–H groups in total. The maximum absolute atomic E-state index is 6.11. The first-order chi connectivity index (χ1) is 11.4. The smallest absolute Gasteiger partial charge is 0.161 e. The van der Waals surface area contributed by atoms with Crippen LogP contribution in [0.1, 0.15) is 12.5 Å². The van der Waals surface area contributed by atoms with E-state index in [1.807, 2.05) is 25.1 Å². The lowest BCUT2D eigenvalue weighted by atomic mass is 10.0. The van der Waals surface area contributed by atoms with E-state index in [9.17, 15) is 0 Å². The molecule has 0 saturated heterocycles. The molecule has 1 aliphatic heterocycles. The van der Waals surface area contributed by atoms with Gasteiger partial charge in [-0.25, -0.2) is 0 Å². The Hall–Kier alpha value is -2.68. The van der Waals surface area contributed by atoms with Crippen LogP contribution in [0.4, 0.5) is 5.69 Å². The quantitative estimate of drug-likeness (QED) is 0.706. The molecule has 3 heteroatoms. The summed E-state index contributed by atoms with van der Waals surface area (Å²) in [6.07, 6.45) is 0. The first-order valence-electron chi connectivity index (χ1n) is 7.97. The molecule has 3 nitrogen and oxygen atoms in total. The zero-order chi connectivity index (χ0) is 15.6. The van der Waals surface area contributed by atoms with Crippen molar-refractivity contribution in [2.75, 3.05) is 18.2 Å². The van der Waals surface area contributed by atoms with Gasteiger partial charge in [-0.2, -0.15) is 0 Å². The summed E-state index contributed by atoms with van der Waals surface area (Å²) < 4.78 is 11.9. The van der Waals surface area contributed by atoms with Gasteiger partial charge in [0.1, 0.15) is 11.5 Å². The zero-order valence-electron chi connectivity index (χ0n) is 13.2. The van der Waals surface area contributed by atoms with Crippen LogP contribution < -0.4 is 14.4 Å². The molecule has 3 aromatic carbocycles. The van der Waals surface area contributed by atoms with E-state index in [1.165, 1.54) is 16.3 Å². The second-order valence-electron chi connectivity index (χ2n) is 5.65. The summed E-state index contributed by atoms with van der Waals surface area (Å²) in [4.78, 5) is 2.21. The summed E-state index contributed by atoms with van der Waals surface area (Å²) in [6, 6.07) is 20.8. The number of rotatable bonds is 3. The molecule has 4 rings (SSSR count). The molecule has 0 saturated carbocycles. The highest BCUT2D eigenvalue weighted by Crippen LogP contribution is 2.37. The van der Waals surface area contributed by atoms with E-state index in [0.29, 0.717) is 13.3 Å². The van der Waals surface area contributed by atoms with Gasteiger partial charge in [-0.05, 0) is 24.4 Å². The Bertz CT molecular complexity index is 844. The van der Waals surface area contributed by atoms with Crippen molar-refractivity contribution < 1.29 is 9.47 Å². The first-order valence-corrected chi connectivity index (χ1v) is 7.97. The number of para-hydroxylation sites is 2. The Kier molecular flexibility index (Phi) is 3.54. The Morgan fingerprint density at radius 3 is 2.74 bits per heavy atom. The minimum atomic E-state index is 0.533. The van der Waals surface area contributed by atoms with Crippen molar-refractivity contribution in [3.05, 3.63) is 66.2 Å². The summed E-state index contributed by atoms with van der Waals surface area (Å²) >= 11 is 0. The molecule has 0 atom stereocenters. The van der Waals surface area contributed by atoms with Crippen LogP contribution in [0, 0.1) is 0 Å². The highest BCUT2D eigenvalue weighted by molar-refractivity contribution is 5.90. The predicted octanol–water partition coefficient (Wildman–Crippen LogP) is 4.60. The van der Waals surface area contributed by atoms with Crippen molar-refractivity contribution in [2.24, 2.45) is 0 Å². The van der Waals surface area contributed by atoms with Gasteiger partial charge in [0.2, 0.25) is 0 Å². The van der Waals surface area contributed by atoms with E-state index in [-0.39, 0.29) is 0 Å². The second-order valence-corrected chi connectivity index (χ2v) is 5.65. The average Bonchev–Trinajstić information content (AvgIpc) is 2.62. The summed E-state index contributed by atoms with van der Waals surface area (Å²) in [7, 11) is 0. The van der Waals surface area contributed by atoms with Crippen LogP contribution in [0.25, 0.3) is 10.8 Å². The highest BCUT2D eigenvalue weighted by atomic mass is 16.5. The summed E-state index contributed by atoms with van der Waals surface area (Å²) in [5, 5.41) is 2.40. The fraction of sp³-hybridized carbons (Fsp3) is 0.200. The third-order valence-corrected chi connectivity index (χ3v) is 4.19. The summed E-state index contributed by atoms with van der Waals surface area (Å²) in [5.41, 5.74) is 2.29. The molecule has 0 aliphatic carbocycles. The SMILES string of the molecule is CCOc1ccccc1N1COc2c(ccc3ccccc23)C1. The van der Waals surface area contributed by atoms with Crippen LogP contribution in [-0.2, 0) is 6.54 Å². The predicted molar refractivity (Wildman–Crippen MR) is 93.2 cm³/mol. The molecule has 1 heterocycles. The molecule has 23 heavy (non-hydrogen) atoms. The van der Waals surface area contributed by atoms with E-state index in [4.69, 9.17) is 9.47 Å². The molecule has 0 bridgehead atoms. The molecule has 3 aromatic rings. The Balaban J connectivity index is 1.71. The lowest BCUT2D eigenvalue weighted by Gasteiger charge is -2.32. The van der Waals surface area contributed by atoms with Gasteiger partial charge in [-0.3, -0.25) is 0 Å². The van der Waals surface area contributed by atoms with Gasteiger partial charge in [-0.15, -0.1) is 0 Å². The number of hydrogen-bond acceptors (Lipinski definition) is 3. The fourth-order valence-electron chi connectivity index (χ4n) is 3.13. The van der Waals surface area contributed by atoms with E-state index in [1.54, 1.807) is 0 Å². The van der Waals surface area contributed by atoms with Gasteiger partial charge in [-0.1, -0.05) is 48.5 Å². The normalized spacial score (nSPS) is 13.5. The average molecular weight is 305 g/mol. The van der Waals surface area contributed by atoms with Crippen molar-refractivity contribution in [3.63, 3.8) is 0 Å². The largest absolute Gasteiger partial charge is 0.492 e. The number of hydrogen-bond donors (Lipinski definition) is 0. The Morgan fingerprint density at radius 1 is 1.00 bits per heavy atom. The number of anilines is 1. The van der Waals surface area contributed by atoms with E-state index in [0.717, 1.165) is 23.7 Å². The van der Waals surface area contributed by atoms with Crippen LogP contribution in [0.15, 0.2) is 60.7 Å². The van der Waals surface area contributed by atoms with Crippen LogP contribution in [0.5, 0.6) is 11.5 Å². The lowest BCUT2D eigenvalue weighted by molar-refractivity contribution is 0.288. The molecule has 0 spiro atoms. The van der Waals surface area contributed by atoms with E-state index < -0.39 is 0 Å². The third kappa shape index (κ3) is 2.48. The highest BCUT2D eigenvalue weighted by Gasteiger charge is 2.21. The van der Waals surface area contributed by atoms with Gasteiger partial charge in [0.15, 0.2) is 6.73 Å². The van der Waals surface area contributed by atoms with E-state index >= 15 is 0 Å². The molecule has 0 radical (unpaired) electrons. The van der Waals surface area contributed by atoms with Crippen molar-refractivity contribution in [2.45, 2.75) is 13.5 Å².